The van der Waals surface area contributed by atoms with Gasteiger partial charge in [0.05, 0.1) is 12.2 Å². The molecule has 0 radical (unpaired) electrons. The molecule has 0 heterocycles. The summed E-state index contributed by atoms with van der Waals surface area (Å²) in [6.07, 6.45) is 4.50. The Balaban J connectivity index is 1.82. The summed E-state index contributed by atoms with van der Waals surface area (Å²) in [6.45, 7) is 9.53. The molecule has 2 heteroatoms. The van der Waals surface area contributed by atoms with Gasteiger partial charge >= 0.3 is 0 Å². The van der Waals surface area contributed by atoms with Gasteiger partial charge in [-0.2, -0.15) is 0 Å². The highest BCUT2D eigenvalue weighted by molar-refractivity contribution is 9.09. The molecule has 2 aliphatic rings. The molecule has 0 aliphatic heterocycles. The van der Waals surface area contributed by atoms with Crippen molar-refractivity contribution in [2.45, 2.75) is 59.2 Å². The molecule has 0 aromatic heterocycles. The molecule has 3 rings (SSSR count). The minimum absolute atomic E-state index is 0.170. The normalized spacial score (nSPS) is 35.1. The first-order chi connectivity index (χ1) is 9.90. The maximum absolute atomic E-state index is 6.65. The highest BCUT2D eigenvalue weighted by Gasteiger charge is 2.62. The summed E-state index contributed by atoms with van der Waals surface area (Å²) in [6, 6.07) is 8.61. The maximum atomic E-state index is 6.65. The maximum Gasteiger partial charge on any atom is 0.0928 e. The molecule has 0 saturated heterocycles. The van der Waals surface area contributed by atoms with Gasteiger partial charge in [-0.25, -0.2) is 0 Å². The van der Waals surface area contributed by atoms with Crippen LogP contribution in [0, 0.1) is 23.7 Å². The van der Waals surface area contributed by atoms with Gasteiger partial charge in [0, 0.05) is 5.33 Å². The van der Waals surface area contributed by atoms with Crippen LogP contribution in [0.25, 0.3) is 0 Å². The van der Waals surface area contributed by atoms with E-state index in [1.54, 1.807) is 0 Å². The third-order valence-electron chi connectivity index (χ3n) is 6.72. The van der Waals surface area contributed by atoms with Crippen LogP contribution < -0.4 is 0 Å². The van der Waals surface area contributed by atoms with Crippen molar-refractivity contribution >= 4 is 15.9 Å². The van der Waals surface area contributed by atoms with Gasteiger partial charge in [0.15, 0.2) is 0 Å². The lowest BCUT2D eigenvalue weighted by atomic mass is 9.70. The number of rotatable bonds is 4. The quantitative estimate of drug-likeness (QED) is 0.636. The Morgan fingerprint density at radius 3 is 2.52 bits per heavy atom. The Morgan fingerprint density at radius 1 is 1.29 bits per heavy atom. The zero-order valence-electron chi connectivity index (χ0n) is 13.7. The molecule has 1 aromatic rings. The lowest BCUT2D eigenvalue weighted by molar-refractivity contribution is -0.0799. The van der Waals surface area contributed by atoms with Crippen LogP contribution in [0.2, 0.25) is 0 Å². The van der Waals surface area contributed by atoms with Crippen LogP contribution in [0.15, 0.2) is 24.3 Å². The Kier molecular flexibility index (Phi) is 3.99. The first-order valence-corrected chi connectivity index (χ1v) is 9.29. The van der Waals surface area contributed by atoms with E-state index in [1.165, 1.54) is 30.4 Å². The first kappa shape index (κ1) is 15.6. The molecule has 2 saturated carbocycles. The van der Waals surface area contributed by atoms with E-state index in [1.807, 2.05) is 0 Å². The third kappa shape index (κ3) is 2.30. The summed E-state index contributed by atoms with van der Waals surface area (Å²) < 4.78 is 6.65. The number of halogens is 1. The summed E-state index contributed by atoms with van der Waals surface area (Å²) in [4.78, 5) is 0. The molecular formula is C19H27BrO. The third-order valence-corrected chi connectivity index (χ3v) is 7.31. The summed E-state index contributed by atoms with van der Waals surface area (Å²) >= 11 is 3.67. The molecule has 21 heavy (non-hydrogen) atoms. The van der Waals surface area contributed by atoms with Gasteiger partial charge in [0.2, 0.25) is 0 Å². The summed E-state index contributed by atoms with van der Waals surface area (Å²) in [5, 5.41) is 0.871. The second kappa shape index (κ2) is 5.38. The number of ether oxygens (including phenoxy) is 1. The van der Waals surface area contributed by atoms with Crippen molar-refractivity contribution in [3.63, 3.8) is 0 Å². The van der Waals surface area contributed by atoms with Gasteiger partial charge in [-0.15, -0.1) is 0 Å². The number of aryl methyl sites for hydroxylation is 1. The zero-order chi connectivity index (χ0) is 15.3. The fraction of sp³-hybridized carbons (Fsp3) is 0.684. The number of alkyl halides is 1. The van der Waals surface area contributed by atoms with Gasteiger partial charge in [-0.3, -0.25) is 0 Å². The first-order valence-electron chi connectivity index (χ1n) is 8.17. The molecule has 116 valence electrons. The van der Waals surface area contributed by atoms with Crippen LogP contribution in [0.5, 0.6) is 0 Å². The van der Waals surface area contributed by atoms with E-state index in [-0.39, 0.29) is 6.10 Å². The molecule has 1 aromatic carbocycles. The number of benzene rings is 1. The molecule has 2 aliphatic carbocycles. The standard InChI is InChI=1S/C19H27BrO/c1-13-7-5-6-8-15(13)16(12-20)21-17-11-14-9-10-19(17,4)18(14,2)3/h5-8,14,16-17H,9-12H2,1-4H3. The molecule has 4 unspecified atom stereocenters. The highest BCUT2D eigenvalue weighted by Crippen LogP contribution is 2.66. The number of hydrogen-bond donors (Lipinski definition) is 0. The van der Waals surface area contributed by atoms with E-state index in [0.29, 0.717) is 16.9 Å². The molecule has 2 bridgehead atoms. The van der Waals surface area contributed by atoms with Gasteiger partial charge < -0.3 is 4.74 Å². The molecule has 1 nitrogen and oxygen atoms in total. The number of hydrogen-bond acceptors (Lipinski definition) is 1. The predicted octanol–water partition coefficient (Wildman–Crippen LogP) is 5.66. The predicted molar refractivity (Wildman–Crippen MR) is 91.8 cm³/mol. The Hall–Kier alpha value is -0.340. The Bertz CT molecular complexity index is 524. The molecule has 2 fully saturated rings. The minimum atomic E-state index is 0.170. The van der Waals surface area contributed by atoms with Crippen LogP contribution in [-0.4, -0.2) is 11.4 Å². The van der Waals surface area contributed by atoms with Crippen molar-refractivity contribution < 1.29 is 4.74 Å². The van der Waals surface area contributed by atoms with Crippen molar-refractivity contribution in [2.24, 2.45) is 16.7 Å². The van der Waals surface area contributed by atoms with Crippen LogP contribution in [0.3, 0.4) is 0 Å². The number of fused-ring (bicyclic) bond motifs is 2. The largest absolute Gasteiger partial charge is 0.369 e. The van der Waals surface area contributed by atoms with Crippen LogP contribution >= 0.6 is 15.9 Å². The average molecular weight is 351 g/mol. The fourth-order valence-corrected chi connectivity index (χ4v) is 5.18. The van der Waals surface area contributed by atoms with Gasteiger partial charge in [-0.05, 0) is 54.1 Å². The average Bonchev–Trinajstić information content (AvgIpc) is 2.78. The van der Waals surface area contributed by atoms with Crippen LogP contribution in [0.4, 0.5) is 0 Å². The van der Waals surface area contributed by atoms with Crippen molar-refractivity contribution in [3.05, 3.63) is 35.4 Å². The van der Waals surface area contributed by atoms with E-state index >= 15 is 0 Å². The Morgan fingerprint density at radius 2 is 2.00 bits per heavy atom. The SMILES string of the molecule is Cc1ccccc1C(CBr)OC1CC2CCC1(C)C2(C)C. The topological polar surface area (TPSA) is 9.23 Å². The molecule has 0 amide bonds. The molecule has 0 spiro atoms. The van der Waals surface area contributed by atoms with E-state index in [9.17, 15) is 0 Å². The fourth-order valence-electron chi connectivity index (χ4n) is 4.68. The van der Waals surface area contributed by atoms with E-state index in [0.717, 1.165) is 11.2 Å². The second-order valence-corrected chi connectivity index (χ2v) is 8.38. The monoisotopic (exact) mass is 350 g/mol. The summed E-state index contributed by atoms with van der Waals surface area (Å²) in [5.41, 5.74) is 3.41. The van der Waals surface area contributed by atoms with Gasteiger partial charge in [-0.1, -0.05) is 61.0 Å². The summed E-state index contributed by atoms with van der Waals surface area (Å²) in [7, 11) is 0. The highest BCUT2D eigenvalue weighted by atomic mass is 79.9. The van der Waals surface area contributed by atoms with Crippen molar-refractivity contribution in [1.29, 1.82) is 0 Å². The van der Waals surface area contributed by atoms with Crippen LogP contribution in [0.1, 0.15) is 57.3 Å². The van der Waals surface area contributed by atoms with Gasteiger partial charge in [0.25, 0.3) is 0 Å². The zero-order valence-corrected chi connectivity index (χ0v) is 15.2. The molecular weight excluding hydrogens is 324 g/mol. The summed E-state index contributed by atoms with van der Waals surface area (Å²) in [5.74, 6) is 0.834. The van der Waals surface area contributed by atoms with Gasteiger partial charge in [0.1, 0.15) is 0 Å². The van der Waals surface area contributed by atoms with E-state index in [4.69, 9.17) is 4.74 Å². The smallest absolute Gasteiger partial charge is 0.0928 e. The molecule has 4 atom stereocenters. The Labute approximate surface area is 137 Å². The van der Waals surface area contributed by atoms with Crippen LogP contribution in [-0.2, 0) is 4.74 Å². The lowest BCUT2D eigenvalue weighted by Crippen LogP contribution is -2.38. The minimum Gasteiger partial charge on any atom is -0.369 e. The molecule has 0 N–H and O–H groups in total. The van der Waals surface area contributed by atoms with Crippen molar-refractivity contribution in [2.75, 3.05) is 5.33 Å². The van der Waals surface area contributed by atoms with E-state index in [2.05, 4.69) is 67.9 Å². The van der Waals surface area contributed by atoms with E-state index < -0.39 is 0 Å². The van der Waals surface area contributed by atoms with Crippen molar-refractivity contribution in [1.82, 2.24) is 0 Å². The lowest BCUT2D eigenvalue weighted by Gasteiger charge is -2.40. The van der Waals surface area contributed by atoms with Crippen molar-refractivity contribution in [3.8, 4) is 0 Å². The second-order valence-electron chi connectivity index (χ2n) is 7.73.